The van der Waals surface area contributed by atoms with Gasteiger partial charge in [-0.15, -0.1) is 11.8 Å². The average Bonchev–Trinajstić information content (AvgIpc) is 2.54. The Morgan fingerprint density at radius 1 is 1.30 bits per heavy atom. The summed E-state index contributed by atoms with van der Waals surface area (Å²) in [5.74, 6) is -0.547. The molecule has 23 heavy (non-hydrogen) atoms. The van der Waals surface area contributed by atoms with Crippen LogP contribution in [0.5, 0.6) is 0 Å². The lowest BCUT2D eigenvalue weighted by Gasteiger charge is -2.13. The number of carbonyl (C=O) groups excluding carboxylic acids is 2. The van der Waals surface area contributed by atoms with Crippen molar-refractivity contribution in [2.75, 3.05) is 12.3 Å². The molecule has 124 valence electrons. The molecule has 0 fully saturated rings. The summed E-state index contributed by atoms with van der Waals surface area (Å²) in [6.45, 7) is 2.04. The van der Waals surface area contributed by atoms with Crippen molar-refractivity contribution in [1.29, 1.82) is 0 Å². The molecule has 1 aromatic carbocycles. The maximum Gasteiger partial charge on any atom is 0.230 e. The highest BCUT2D eigenvalue weighted by atomic mass is 32.2. The number of nitrogens with one attached hydrogen (secondary N) is 1. The summed E-state index contributed by atoms with van der Waals surface area (Å²) in [4.78, 5) is 23.4. The fourth-order valence-corrected chi connectivity index (χ4v) is 3.28. The molecule has 0 atom stereocenters. The van der Waals surface area contributed by atoms with Crippen LogP contribution in [-0.2, 0) is 4.79 Å². The molecular formula is C18H22FNO2S. The van der Waals surface area contributed by atoms with Gasteiger partial charge in [0.25, 0.3) is 0 Å². The van der Waals surface area contributed by atoms with Crippen LogP contribution in [0.15, 0.2) is 34.7 Å². The van der Waals surface area contributed by atoms with Gasteiger partial charge in [0.05, 0.1) is 5.75 Å². The summed E-state index contributed by atoms with van der Waals surface area (Å²) in [5.41, 5.74) is 1.77. The van der Waals surface area contributed by atoms with Gasteiger partial charge in [0, 0.05) is 17.0 Å². The van der Waals surface area contributed by atoms with Crippen molar-refractivity contribution in [2.45, 2.75) is 43.9 Å². The van der Waals surface area contributed by atoms with Gasteiger partial charge in [0.1, 0.15) is 5.82 Å². The Balaban J connectivity index is 1.73. The number of thioether (sulfide) groups is 1. The smallest absolute Gasteiger partial charge is 0.230 e. The molecule has 1 aromatic rings. The van der Waals surface area contributed by atoms with Crippen molar-refractivity contribution in [2.24, 2.45) is 0 Å². The van der Waals surface area contributed by atoms with Crippen LogP contribution in [0.2, 0.25) is 0 Å². The van der Waals surface area contributed by atoms with Gasteiger partial charge in [0.15, 0.2) is 5.78 Å². The molecule has 1 aliphatic rings. The van der Waals surface area contributed by atoms with Gasteiger partial charge >= 0.3 is 0 Å². The second-order valence-corrected chi connectivity index (χ2v) is 6.72. The fourth-order valence-electron chi connectivity index (χ4n) is 2.53. The van der Waals surface area contributed by atoms with E-state index in [1.807, 2.05) is 0 Å². The van der Waals surface area contributed by atoms with Crippen LogP contribution in [0.3, 0.4) is 0 Å². The lowest BCUT2D eigenvalue weighted by Crippen LogP contribution is -2.26. The van der Waals surface area contributed by atoms with Gasteiger partial charge in [-0.25, -0.2) is 4.39 Å². The van der Waals surface area contributed by atoms with Crippen molar-refractivity contribution in [3.05, 3.63) is 41.2 Å². The van der Waals surface area contributed by atoms with Crippen molar-refractivity contribution >= 4 is 23.5 Å². The SMILES string of the molecule is CC(=O)c1ccc(SCC(=O)NCCC2=CCCCC2)c(F)c1. The highest BCUT2D eigenvalue weighted by Gasteiger charge is 2.10. The first-order chi connectivity index (χ1) is 11.1. The number of hydrogen-bond donors (Lipinski definition) is 1. The maximum absolute atomic E-state index is 13.8. The summed E-state index contributed by atoms with van der Waals surface area (Å²) in [6.07, 6.45) is 7.97. The van der Waals surface area contributed by atoms with Gasteiger partial charge in [-0.1, -0.05) is 17.7 Å². The summed E-state index contributed by atoms with van der Waals surface area (Å²) >= 11 is 1.15. The van der Waals surface area contributed by atoms with Crippen LogP contribution < -0.4 is 5.32 Å². The van der Waals surface area contributed by atoms with E-state index in [1.165, 1.54) is 31.4 Å². The fraction of sp³-hybridized carbons (Fsp3) is 0.444. The third-order valence-electron chi connectivity index (χ3n) is 3.85. The van der Waals surface area contributed by atoms with E-state index in [1.54, 1.807) is 12.1 Å². The van der Waals surface area contributed by atoms with Crippen LogP contribution in [0.4, 0.5) is 4.39 Å². The number of halogens is 1. The van der Waals surface area contributed by atoms with Gasteiger partial charge in [0.2, 0.25) is 5.91 Å². The third kappa shape index (κ3) is 5.82. The topological polar surface area (TPSA) is 46.2 Å². The van der Waals surface area contributed by atoms with Crippen molar-refractivity contribution in [3.8, 4) is 0 Å². The molecule has 0 heterocycles. The lowest BCUT2D eigenvalue weighted by atomic mass is 9.97. The molecule has 2 rings (SSSR count). The van der Waals surface area contributed by atoms with Crippen LogP contribution >= 0.6 is 11.8 Å². The van der Waals surface area contributed by atoms with Gasteiger partial charge in [-0.05, 0) is 51.2 Å². The summed E-state index contributed by atoms with van der Waals surface area (Å²) < 4.78 is 13.8. The standard InChI is InChI=1S/C18H22FNO2S/c1-13(21)15-7-8-17(16(19)11-15)23-12-18(22)20-10-9-14-5-3-2-4-6-14/h5,7-8,11H,2-4,6,9-10,12H2,1H3,(H,20,22). The van der Waals surface area contributed by atoms with Gasteiger partial charge in [-0.3, -0.25) is 9.59 Å². The first kappa shape index (κ1) is 17.7. The minimum absolute atomic E-state index is 0.0959. The zero-order valence-electron chi connectivity index (χ0n) is 13.4. The van der Waals surface area contributed by atoms with E-state index in [-0.39, 0.29) is 17.4 Å². The average molecular weight is 335 g/mol. The molecule has 0 aromatic heterocycles. The maximum atomic E-state index is 13.8. The molecule has 0 bridgehead atoms. The van der Waals surface area contributed by atoms with Crippen LogP contribution in [0, 0.1) is 5.82 Å². The molecule has 0 saturated heterocycles. The predicted octanol–water partition coefficient (Wildman–Crippen LogP) is 4.13. The first-order valence-corrected chi connectivity index (χ1v) is 8.92. The summed E-state index contributed by atoms with van der Waals surface area (Å²) in [7, 11) is 0. The minimum Gasteiger partial charge on any atom is -0.355 e. The molecular weight excluding hydrogens is 313 g/mol. The minimum atomic E-state index is -0.456. The molecule has 3 nitrogen and oxygen atoms in total. The Bertz CT molecular complexity index is 613. The molecule has 0 unspecified atom stereocenters. The van der Waals surface area contributed by atoms with Crippen molar-refractivity contribution in [1.82, 2.24) is 5.32 Å². The number of benzene rings is 1. The van der Waals surface area contributed by atoms with E-state index in [0.717, 1.165) is 31.0 Å². The third-order valence-corrected chi connectivity index (χ3v) is 4.90. The van der Waals surface area contributed by atoms with E-state index in [0.29, 0.717) is 17.0 Å². The molecule has 0 spiro atoms. The summed E-state index contributed by atoms with van der Waals surface area (Å²) in [5, 5.41) is 2.87. The Hall–Kier alpha value is -1.62. The largest absolute Gasteiger partial charge is 0.355 e. The molecule has 0 radical (unpaired) electrons. The molecule has 5 heteroatoms. The van der Waals surface area contributed by atoms with E-state index >= 15 is 0 Å². The number of carbonyl (C=O) groups is 2. The zero-order chi connectivity index (χ0) is 16.7. The Morgan fingerprint density at radius 3 is 2.78 bits per heavy atom. The Kier molecular flexibility index (Phi) is 6.84. The van der Waals surface area contributed by atoms with E-state index in [4.69, 9.17) is 0 Å². The Morgan fingerprint density at radius 2 is 2.13 bits per heavy atom. The monoisotopic (exact) mass is 335 g/mol. The van der Waals surface area contributed by atoms with E-state index < -0.39 is 5.82 Å². The number of amides is 1. The molecule has 0 saturated carbocycles. The van der Waals surface area contributed by atoms with E-state index in [2.05, 4.69) is 11.4 Å². The normalized spacial score (nSPS) is 14.3. The Labute approximate surface area is 140 Å². The number of allylic oxidation sites excluding steroid dienone is 1. The van der Waals surface area contributed by atoms with Gasteiger partial charge < -0.3 is 5.32 Å². The predicted molar refractivity (Wildman–Crippen MR) is 91.3 cm³/mol. The highest BCUT2D eigenvalue weighted by molar-refractivity contribution is 8.00. The number of hydrogen-bond acceptors (Lipinski definition) is 3. The molecule has 1 amide bonds. The second-order valence-electron chi connectivity index (χ2n) is 5.70. The quantitative estimate of drug-likeness (QED) is 0.463. The molecule has 1 N–H and O–H groups in total. The molecule has 1 aliphatic carbocycles. The second kappa shape index (κ2) is 8.87. The van der Waals surface area contributed by atoms with Gasteiger partial charge in [-0.2, -0.15) is 0 Å². The van der Waals surface area contributed by atoms with E-state index in [9.17, 15) is 14.0 Å². The van der Waals surface area contributed by atoms with Crippen LogP contribution in [-0.4, -0.2) is 24.0 Å². The van der Waals surface area contributed by atoms with Crippen LogP contribution in [0.25, 0.3) is 0 Å². The number of rotatable bonds is 7. The molecule has 0 aliphatic heterocycles. The number of Topliss-reactive ketones (excluding diaryl/α,β-unsaturated/α-hetero) is 1. The number of ketones is 1. The van der Waals surface area contributed by atoms with Crippen molar-refractivity contribution in [3.63, 3.8) is 0 Å². The van der Waals surface area contributed by atoms with Crippen LogP contribution in [0.1, 0.15) is 49.4 Å². The lowest BCUT2D eigenvalue weighted by molar-refractivity contribution is -0.118. The van der Waals surface area contributed by atoms with Crippen molar-refractivity contribution < 1.29 is 14.0 Å². The summed E-state index contributed by atoms with van der Waals surface area (Å²) in [6, 6.07) is 4.36. The first-order valence-electron chi connectivity index (χ1n) is 7.94. The highest BCUT2D eigenvalue weighted by Crippen LogP contribution is 2.23. The zero-order valence-corrected chi connectivity index (χ0v) is 14.2.